The van der Waals surface area contributed by atoms with Gasteiger partial charge in [0.2, 0.25) is 0 Å². The third-order valence-electron chi connectivity index (χ3n) is 5.91. The van der Waals surface area contributed by atoms with E-state index in [2.05, 4.69) is 119 Å². The third-order valence-corrected chi connectivity index (χ3v) is 8.09. The summed E-state index contributed by atoms with van der Waals surface area (Å²) < 4.78 is 0. The molecule has 0 bridgehead atoms. The second-order valence-corrected chi connectivity index (χ2v) is 12.3. The summed E-state index contributed by atoms with van der Waals surface area (Å²) in [7, 11) is 0. The Balaban J connectivity index is 0.000000141. The minimum absolute atomic E-state index is 0.715. The van der Waals surface area contributed by atoms with Gasteiger partial charge in [0.05, 0.1) is 0 Å². The van der Waals surface area contributed by atoms with E-state index in [-0.39, 0.29) is 0 Å². The molecule has 0 aromatic heterocycles. The van der Waals surface area contributed by atoms with Crippen molar-refractivity contribution < 1.29 is 23.3 Å². The van der Waals surface area contributed by atoms with Crippen LogP contribution in [0.4, 0.5) is 0 Å². The van der Waals surface area contributed by atoms with Crippen LogP contribution in [0.2, 0.25) is 0 Å². The fourth-order valence-electron chi connectivity index (χ4n) is 4.25. The molecule has 0 atom stereocenters. The Hall–Kier alpha value is -2.02. The standard InChI is InChI=1S/2C12H13.C7H8Si.Zr/c2*1-3-10-5-4-6-11-7-9(2)8-12(10)11;8-6-7-4-2-1-3-5-7;/h2*4-8H,3H2,1-2H3;1-5,8H,6H2;/q2*-1;;+2. The van der Waals surface area contributed by atoms with Gasteiger partial charge in [0.25, 0.3) is 0 Å². The molecular weight excluding hydrogens is 492 g/mol. The molecule has 0 heterocycles. The average molecular weight is 526 g/mol. The van der Waals surface area contributed by atoms with Crippen LogP contribution in [0, 0.1) is 13.8 Å². The molecule has 0 saturated heterocycles. The summed E-state index contributed by atoms with van der Waals surface area (Å²) in [4.78, 5) is 0. The molecule has 0 saturated carbocycles. The summed E-state index contributed by atoms with van der Waals surface area (Å²) in [5.74, 6) is 0. The summed E-state index contributed by atoms with van der Waals surface area (Å²) in [6, 6.07) is 34.1. The van der Waals surface area contributed by atoms with Crippen molar-refractivity contribution in [1.82, 2.24) is 0 Å². The summed E-state index contributed by atoms with van der Waals surface area (Å²) in [6.07, 6.45) is 2.97. The van der Waals surface area contributed by atoms with E-state index in [4.69, 9.17) is 0 Å². The quantitative estimate of drug-likeness (QED) is 0.165. The van der Waals surface area contributed by atoms with Gasteiger partial charge in [-0.15, -0.1) is 69.1 Å². The van der Waals surface area contributed by atoms with Gasteiger partial charge in [-0.25, -0.2) is 0 Å². The van der Waals surface area contributed by atoms with Gasteiger partial charge in [0, 0.05) is 0 Å². The predicted molar refractivity (Wildman–Crippen MR) is 145 cm³/mol. The van der Waals surface area contributed by atoms with E-state index in [1.807, 2.05) is 0 Å². The number of rotatable bonds is 4. The Labute approximate surface area is 215 Å². The number of aryl methyl sites for hydroxylation is 4. The van der Waals surface area contributed by atoms with E-state index >= 15 is 0 Å². The van der Waals surface area contributed by atoms with E-state index < -0.39 is 0 Å². The van der Waals surface area contributed by atoms with Crippen LogP contribution < -0.4 is 0 Å². The normalized spacial score (nSPS) is 10.4. The van der Waals surface area contributed by atoms with Crippen molar-refractivity contribution >= 4 is 27.7 Å². The molecule has 0 radical (unpaired) electrons. The molecule has 0 N–H and O–H groups in total. The monoisotopic (exact) mass is 524 g/mol. The molecule has 5 rings (SSSR count). The molecule has 5 aromatic carbocycles. The van der Waals surface area contributed by atoms with Gasteiger partial charge in [-0.3, -0.25) is 0 Å². The van der Waals surface area contributed by atoms with Gasteiger partial charge in [0.1, 0.15) is 0 Å². The van der Waals surface area contributed by atoms with Crippen molar-refractivity contribution in [2.75, 3.05) is 0 Å². The van der Waals surface area contributed by atoms with Crippen molar-refractivity contribution in [3.8, 4) is 0 Å². The number of benzene rings is 3. The number of hydrogen-bond donors (Lipinski definition) is 0. The van der Waals surface area contributed by atoms with Gasteiger partial charge in [-0.1, -0.05) is 51.0 Å². The molecule has 5 aromatic rings. The Morgan fingerprint density at radius 1 is 0.667 bits per heavy atom. The fraction of sp³-hybridized carbons (Fsp3) is 0.226. The average Bonchev–Trinajstić information content (AvgIpc) is 3.41. The first-order valence-electron chi connectivity index (χ1n) is 11.9. The molecule has 0 amide bonds. The Morgan fingerprint density at radius 2 is 1.15 bits per heavy atom. The van der Waals surface area contributed by atoms with Crippen molar-refractivity contribution in [2.24, 2.45) is 0 Å². The van der Waals surface area contributed by atoms with Crippen LogP contribution in [0.3, 0.4) is 0 Å². The van der Waals surface area contributed by atoms with E-state index in [9.17, 15) is 0 Å². The van der Waals surface area contributed by atoms with E-state index in [0.29, 0.717) is 6.16 Å². The first-order valence-corrected chi connectivity index (χ1v) is 17.5. The van der Waals surface area contributed by atoms with Crippen LogP contribution in [0.25, 0.3) is 21.5 Å². The van der Waals surface area contributed by atoms with Crippen molar-refractivity contribution in [3.63, 3.8) is 0 Å². The molecule has 33 heavy (non-hydrogen) atoms. The zero-order valence-corrected chi connectivity index (χ0v) is 24.0. The molecule has 166 valence electrons. The van der Waals surface area contributed by atoms with Crippen LogP contribution in [0.5, 0.6) is 0 Å². The molecule has 2 heteroatoms. The topological polar surface area (TPSA) is 0 Å². The maximum absolute atomic E-state index is 2.27. The molecule has 0 aliphatic heterocycles. The van der Waals surface area contributed by atoms with Crippen LogP contribution in [0.15, 0.2) is 91.0 Å². The zero-order chi connectivity index (χ0) is 23.6. The van der Waals surface area contributed by atoms with Crippen molar-refractivity contribution in [2.45, 2.75) is 46.6 Å². The molecule has 0 unspecified atom stereocenters. The summed E-state index contributed by atoms with van der Waals surface area (Å²) in [6.45, 7) is 8.72. The number of fused-ring (bicyclic) bond motifs is 2. The second-order valence-electron chi connectivity index (χ2n) is 8.51. The van der Waals surface area contributed by atoms with E-state index in [0.717, 1.165) is 12.8 Å². The predicted octanol–water partition coefficient (Wildman–Crippen LogP) is 7.94. The van der Waals surface area contributed by atoms with Gasteiger partial charge >= 0.3 is 71.4 Å². The SMILES string of the molecule is CCc1cccc2[cH-]c(C)cc12.CCc1cccc2[cH-]c(C)cc12.[Zr+2]=[SiH]Cc1ccccc1. The molecule has 0 fully saturated rings. The summed E-state index contributed by atoms with van der Waals surface area (Å²) in [5, 5.41) is 5.62. The van der Waals surface area contributed by atoms with Gasteiger partial charge in [-0.05, 0) is 12.8 Å². The number of hydrogen-bond acceptors (Lipinski definition) is 0. The van der Waals surface area contributed by atoms with Crippen LogP contribution >= 0.6 is 0 Å². The Morgan fingerprint density at radius 3 is 1.58 bits per heavy atom. The Kier molecular flexibility index (Phi) is 10.1. The zero-order valence-electron chi connectivity index (χ0n) is 20.4. The van der Waals surface area contributed by atoms with E-state index in [1.54, 1.807) is 23.3 Å². The van der Waals surface area contributed by atoms with Crippen LogP contribution in [0.1, 0.15) is 41.7 Å². The van der Waals surface area contributed by atoms with Gasteiger partial charge in [-0.2, -0.15) is 12.1 Å². The van der Waals surface area contributed by atoms with Crippen LogP contribution in [-0.2, 0) is 42.2 Å². The third kappa shape index (κ3) is 7.23. The summed E-state index contributed by atoms with van der Waals surface area (Å²) in [5.41, 5.74) is 7.15. The molecule has 0 aliphatic carbocycles. The minimum atomic E-state index is 0.715. The Bertz CT molecular complexity index is 1210. The van der Waals surface area contributed by atoms with Gasteiger partial charge < -0.3 is 0 Å². The van der Waals surface area contributed by atoms with Crippen molar-refractivity contribution in [3.05, 3.63) is 119 Å². The maximum atomic E-state index is 2.27. The molecule has 0 spiro atoms. The molecular formula is C31H34SiZr. The second kappa shape index (κ2) is 13.0. The van der Waals surface area contributed by atoms with Crippen LogP contribution in [-0.4, -0.2) is 6.16 Å². The molecule has 0 aliphatic rings. The fourth-order valence-corrected chi connectivity index (χ4v) is 6.49. The van der Waals surface area contributed by atoms with Gasteiger partial charge in [0.15, 0.2) is 0 Å². The van der Waals surface area contributed by atoms with E-state index in [1.165, 1.54) is 55.4 Å². The van der Waals surface area contributed by atoms with Crippen molar-refractivity contribution in [1.29, 1.82) is 0 Å². The first kappa shape index (κ1) is 25.6. The molecule has 0 nitrogen and oxygen atoms in total. The first-order chi connectivity index (χ1) is 16.0. The summed E-state index contributed by atoms with van der Waals surface area (Å²) >= 11 is 1.72.